The molecule has 1 aliphatic rings. The molecule has 1 aliphatic heterocycles. The molecule has 0 saturated heterocycles. The summed E-state index contributed by atoms with van der Waals surface area (Å²) in [7, 11) is 0. The van der Waals surface area contributed by atoms with E-state index in [9.17, 15) is 4.79 Å². The van der Waals surface area contributed by atoms with Gasteiger partial charge in [0.2, 0.25) is 0 Å². The van der Waals surface area contributed by atoms with Crippen LogP contribution in [0.3, 0.4) is 0 Å². The Hall–Kier alpha value is -1.55. The molecule has 4 nitrogen and oxygen atoms in total. The predicted molar refractivity (Wildman–Crippen MR) is 73.5 cm³/mol. The molecule has 1 amide bonds. The fourth-order valence-corrected chi connectivity index (χ4v) is 2.32. The quantitative estimate of drug-likeness (QED) is 0.882. The van der Waals surface area contributed by atoms with Gasteiger partial charge in [0.15, 0.2) is 0 Å². The first-order valence-corrected chi connectivity index (χ1v) is 6.81. The van der Waals surface area contributed by atoms with Crippen LogP contribution in [0.15, 0.2) is 18.2 Å². The summed E-state index contributed by atoms with van der Waals surface area (Å²) in [5.41, 5.74) is 1.81. The van der Waals surface area contributed by atoms with Crippen LogP contribution in [0.2, 0.25) is 0 Å². The summed E-state index contributed by atoms with van der Waals surface area (Å²) in [5, 5.41) is 8.92. The number of benzene rings is 1. The lowest BCUT2D eigenvalue weighted by Gasteiger charge is -2.26. The highest BCUT2D eigenvalue weighted by Crippen LogP contribution is 2.26. The molecule has 0 aliphatic carbocycles. The maximum absolute atomic E-state index is 12.5. The van der Waals surface area contributed by atoms with Gasteiger partial charge in [-0.1, -0.05) is 0 Å². The molecular weight excluding hydrogens is 242 g/mol. The highest BCUT2D eigenvalue weighted by molar-refractivity contribution is 5.94. The Balaban J connectivity index is 2.16. The van der Waals surface area contributed by atoms with Gasteiger partial charge in [-0.15, -0.1) is 0 Å². The number of aliphatic hydroxyl groups excluding tert-OH is 1. The molecule has 104 valence electrons. The van der Waals surface area contributed by atoms with Gasteiger partial charge in [-0.2, -0.15) is 0 Å². The molecule has 0 fully saturated rings. The molecule has 1 aromatic rings. The number of hydrogen-bond donors (Lipinski definition) is 1. The maximum atomic E-state index is 12.5. The van der Waals surface area contributed by atoms with E-state index in [-0.39, 0.29) is 18.6 Å². The molecule has 0 bridgehead atoms. The smallest absolute Gasteiger partial charge is 0.254 e. The number of nitrogens with zero attached hydrogens (tertiary/aromatic N) is 1. The standard InChI is InChI=1S/C15H21NO3/c1-11(2)16(7-3-8-17)15(18)13-4-5-14-12(10-13)6-9-19-14/h4-5,10-11,17H,3,6-9H2,1-2H3. The van der Waals surface area contributed by atoms with Gasteiger partial charge >= 0.3 is 0 Å². The van der Waals surface area contributed by atoms with Crippen LogP contribution in [0, 0.1) is 0 Å². The molecule has 0 unspecified atom stereocenters. The van der Waals surface area contributed by atoms with Crippen LogP contribution < -0.4 is 4.74 Å². The van der Waals surface area contributed by atoms with Gasteiger partial charge in [0.1, 0.15) is 5.75 Å². The maximum Gasteiger partial charge on any atom is 0.254 e. The minimum absolute atomic E-state index is 0.0261. The third-order valence-corrected chi connectivity index (χ3v) is 3.38. The van der Waals surface area contributed by atoms with Crippen LogP contribution in [-0.4, -0.2) is 41.7 Å². The van der Waals surface area contributed by atoms with Gasteiger partial charge in [-0.05, 0) is 44.0 Å². The van der Waals surface area contributed by atoms with Crippen molar-refractivity contribution in [2.45, 2.75) is 32.7 Å². The second-order valence-electron chi connectivity index (χ2n) is 5.09. The van der Waals surface area contributed by atoms with Crippen molar-refractivity contribution in [3.8, 4) is 5.75 Å². The summed E-state index contributed by atoms with van der Waals surface area (Å²) in [5.74, 6) is 0.918. The summed E-state index contributed by atoms with van der Waals surface area (Å²) >= 11 is 0. The van der Waals surface area contributed by atoms with Crippen molar-refractivity contribution in [1.29, 1.82) is 0 Å². The molecule has 1 heterocycles. The fraction of sp³-hybridized carbons (Fsp3) is 0.533. The summed E-state index contributed by atoms with van der Waals surface area (Å²) in [6, 6.07) is 5.75. The van der Waals surface area contributed by atoms with Crippen LogP contribution in [0.5, 0.6) is 5.75 Å². The molecule has 19 heavy (non-hydrogen) atoms. The molecule has 0 radical (unpaired) electrons. The first kappa shape index (κ1) is 13.9. The highest BCUT2D eigenvalue weighted by atomic mass is 16.5. The number of aliphatic hydroxyl groups is 1. The Morgan fingerprint density at radius 3 is 2.95 bits per heavy atom. The van der Waals surface area contributed by atoms with Gasteiger partial charge < -0.3 is 14.7 Å². The van der Waals surface area contributed by atoms with Crippen molar-refractivity contribution in [3.05, 3.63) is 29.3 Å². The SMILES string of the molecule is CC(C)N(CCCO)C(=O)c1ccc2c(c1)CCO2. The van der Waals surface area contributed by atoms with E-state index in [2.05, 4.69) is 0 Å². The van der Waals surface area contributed by atoms with E-state index in [1.165, 1.54) is 0 Å². The summed E-state index contributed by atoms with van der Waals surface area (Å²) in [6.45, 7) is 5.37. The average Bonchev–Trinajstić information content (AvgIpc) is 2.85. The van der Waals surface area contributed by atoms with E-state index in [1.54, 1.807) is 4.90 Å². The highest BCUT2D eigenvalue weighted by Gasteiger charge is 2.20. The Bertz CT molecular complexity index is 457. The van der Waals surface area contributed by atoms with Crippen molar-refractivity contribution in [1.82, 2.24) is 4.90 Å². The number of fused-ring (bicyclic) bond motifs is 1. The molecule has 0 spiro atoms. The van der Waals surface area contributed by atoms with Crippen LogP contribution in [0.1, 0.15) is 36.2 Å². The number of carbonyl (C=O) groups excluding carboxylic acids is 1. The van der Waals surface area contributed by atoms with Crippen molar-refractivity contribution in [2.24, 2.45) is 0 Å². The lowest BCUT2D eigenvalue weighted by molar-refractivity contribution is 0.0693. The van der Waals surface area contributed by atoms with Gasteiger partial charge in [0, 0.05) is 31.2 Å². The number of carbonyl (C=O) groups is 1. The predicted octanol–water partition coefficient (Wildman–Crippen LogP) is 1.85. The second-order valence-corrected chi connectivity index (χ2v) is 5.09. The summed E-state index contributed by atoms with van der Waals surface area (Å²) in [4.78, 5) is 14.3. The van der Waals surface area contributed by atoms with Gasteiger partial charge in [-0.3, -0.25) is 4.79 Å². The molecule has 1 N–H and O–H groups in total. The van der Waals surface area contributed by atoms with Crippen LogP contribution >= 0.6 is 0 Å². The zero-order chi connectivity index (χ0) is 13.8. The fourth-order valence-electron chi connectivity index (χ4n) is 2.32. The van der Waals surface area contributed by atoms with E-state index in [0.717, 1.165) is 17.7 Å². The number of hydrogen-bond acceptors (Lipinski definition) is 3. The molecule has 1 aromatic carbocycles. The first-order valence-electron chi connectivity index (χ1n) is 6.81. The zero-order valence-electron chi connectivity index (χ0n) is 11.6. The first-order chi connectivity index (χ1) is 9.13. The van der Waals surface area contributed by atoms with Gasteiger partial charge in [0.05, 0.1) is 6.61 Å². The molecule has 4 heteroatoms. The minimum atomic E-state index is 0.0261. The third-order valence-electron chi connectivity index (χ3n) is 3.38. The van der Waals surface area contributed by atoms with Crippen molar-refractivity contribution in [2.75, 3.05) is 19.8 Å². The summed E-state index contributed by atoms with van der Waals surface area (Å²) < 4.78 is 5.45. The largest absolute Gasteiger partial charge is 0.493 e. The average molecular weight is 263 g/mol. The van der Waals surface area contributed by atoms with Crippen LogP contribution in [0.25, 0.3) is 0 Å². The number of amides is 1. The van der Waals surface area contributed by atoms with Crippen LogP contribution in [0.4, 0.5) is 0 Å². The van der Waals surface area contributed by atoms with Crippen LogP contribution in [-0.2, 0) is 6.42 Å². The molecule has 2 rings (SSSR count). The Morgan fingerprint density at radius 1 is 1.47 bits per heavy atom. The monoisotopic (exact) mass is 263 g/mol. The lowest BCUT2D eigenvalue weighted by atomic mass is 10.1. The van der Waals surface area contributed by atoms with Gasteiger partial charge in [0.25, 0.3) is 5.91 Å². The van der Waals surface area contributed by atoms with E-state index in [4.69, 9.17) is 9.84 Å². The van der Waals surface area contributed by atoms with Crippen molar-refractivity contribution >= 4 is 5.91 Å². The van der Waals surface area contributed by atoms with E-state index in [1.807, 2.05) is 32.0 Å². The Labute approximate surface area is 114 Å². The number of ether oxygens (including phenoxy) is 1. The molecule has 0 aromatic heterocycles. The second kappa shape index (κ2) is 6.06. The molecule has 0 saturated carbocycles. The normalized spacial score (nSPS) is 13.3. The zero-order valence-corrected chi connectivity index (χ0v) is 11.6. The van der Waals surface area contributed by atoms with E-state index < -0.39 is 0 Å². The molecular formula is C15H21NO3. The minimum Gasteiger partial charge on any atom is -0.493 e. The van der Waals surface area contributed by atoms with Crippen molar-refractivity contribution < 1.29 is 14.6 Å². The third kappa shape index (κ3) is 3.07. The van der Waals surface area contributed by atoms with E-state index >= 15 is 0 Å². The Morgan fingerprint density at radius 2 is 2.26 bits per heavy atom. The Kier molecular flexibility index (Phi) is 4.43. The number of rotatable bonds is 5. The lowest BCUT2D eigenvalue weighted by Crippen LogP contribution is -2.38. The van der Waals surface area contributed by atoms with Crippen molar-refractivity contribution in [3.63, 3.8) is 0 Å². The molecule has 0 atom stereocenters. The van der Waals surface area contributed by atoms with Gasteiger partial charge in [-0.25, -0.2) is 0 Å². The summed E-state index contributed by atoms with van der Waals surface area (Å²) in [6.07, 6.45) is 1.48. The topological polar surface area (TPSA) is 49.8 Å². The van der Waals surface area contributed by atoms with E-state index in [0.29, 0.717) is 25.1 Å².